The molecule has 0 spiro atoms. The largest absolute Gasteiger partial charge is 0.496 e. The number of carbonyl (C=O) groups excluding carboxylic acids is 1. The van der Waals surface area contributed by atoms with Crippen molar-refractivity contribution in [3.63, 3.8) is 0 Å². The number of methoxy groups -OCH3 is 1. The Morgan fingerprint density at radius 2 is 2.12 bits per heavy atom. The number of rotatable bonds is 5. The van der Waals surface area contributed by atoms with Gasteiger partial charge in [-0.1, -0.05) is 18.2 Å². The van der Waals surface area contributed by atoms with Crippen molar-refractivity contribution in [2.24, 2.45) is 0 Å². The van der Waals surface area contributed by atoms with Crippen LogP contribution in [0.4, 0.5) is 17.5 Å². The molecule has 1 unspecified atom stereocenters. The minimum absolute atomic E-state index is 0.0341. The molecule has 1 aromatic heterocycles. The molecular formula is C18H22ClN5O2. The van der Waals surface area contributed by atoms with Crippen LogP contribution >= 0.6 is 11.6 Å². The van der Waals surface area contributed by atoms with Gasteiger partial charge in [0.05, 0.1) is 12.8 Å². The molecule has 1 amide bonds. The molecule has 1 aliphatic heterocycles. The van der Waals surface area contributed by atoms with Crippen molar-refractivity contribution < 1.29 is 9.53 Å². The molecule has 138 valence electrons. The number of anilines is 3. The smallest absolute Gasteiger partial charge is 0.242 e. The summed E-state index contributed by atoms with van der Waals surface area (Å²) in [5, 5.41) is 0. The van der Waals surface area contributed by atoms with E-state index in [2.05, 4.69) is 9.97 Å². The number of aryl methyl sites for hydroxylation is 2. The second-order valence-corrected chi connectivity index (χ2v) is 6.47. The van der Waals surface area contributed by atoms with E-state index in [9.17, 15) is 4.79 Å². The van der Waals surface area contributed by atoms with Crippen molar-refractivity contribution >= 4 is 35.0 Å². The number of halogens is 1. The maximum atomic E-state index is 12.5. The van der Waals surface area contributed by atoms with Crippen LogP contribution < -0.4 is 21.1 Å². The predicted octanol–water partition coefficient (Wildman–Crippen LogP) is 2.17. The van der Waals surface area contributed by atoms with E-state index >= 15 is 0 Å². The van der Waals surface area contributed by atoms with Gasteiger partial charge in [0, 0.05) is 6.04 Å². The molecule has 0 saturated heterocycles. The molecule has 0 saturated carbocycles. The molecule has 1 atom stereocenters. The fraction of sp³-hybridized carbons (Fsp3) is 0.389. The quantitative estimate of drug-likeness (QED) is 0.775. The topological polar surface area (TPSA) is 107 Å². The van der Waals surface area contributed by atoms with Gasteiger partial charge in [-0.2, -0.15) is 4.98 Å². The zero-order chi connectivity index (χ0) is 18.7. The lowest BCUT2D eigenvalue weighted by Crippen LogP contribution is -2.45. The lowest BCUT2D eigenvalue weighted by atomic mass is 9.94. The van der Waals surface area contributed by atoms with Crippen LogP contribution in [0.1, 0.15) is 24.1 Å². The zero-order valence-corrected chi connectivity index (χ0v) is 15.4. The highest BCUT2D eigenvalue weighted by atomic mass is 35.5. The van der Waals surface area contributed by atoms with Crippen molar-refractivity contribution in [3.8, 4) is 5.75 Å². The Labute approximate surface area is 157 Å². The summed E-state index contributed by atoms with van der Waals surface area (Å²) in [4.78, 5) is 22.5. The van der Waals surface area contributed by atoms with E-state index < -0.39 is 0 Å². The molecule has 1 aromatic carbocycles. The Morgan fingerprint density at radius 1 is 1.35 bits per heavy atom. The first kappa shape index (κ1) is 18.3. The van der Waals surface area contributed by atoms with E-state index in [0.29, 0.717) is 17.8 Å². The molecule has 0 radical (unpaired) electrons. The lowest BCUT2D eigenvalue weighted by Gasteiger charge is -2.37. The van der Waals surface area contributed by atoms with Gasteiger partial charge in [-0.25, -0.2) is 4.98 Å². The summed E-state index contributed by atoms with van der Waals surface area (Å²) in [7, 11) is 1.65. The average molecular weight is 376 g/mol. The minimum atomic E-state index is -0.210. The first-order valence-electron chi connectivity index (χ1n) is 8.47. The summed E-state index contributed by atoms with van der Waals surface area (Å²) < 4.78 is 5.41. The SMILES string of the molecule is COc1ccccc1CCC1CCc2nc(N)nc(N)c2N1C(=O)CCl. The number of ether oxygens (including phenoxy) is 1. The Hall–Kier alpha value is -2.54. The molecule has 2 heterocycles. The Morgan fingerprint density at radius 3 is 2.85 bits per heavy atom. The van der Waals surface area contributed by atoms with Gasteiger partial charge in [0.25, 0.3) is 0 Å². The van der Waals surface area contributed by atoms with Gasteiger partial charge in [-0.05, 0) is 37.3 Å². The van der Waals surface area contributed by atoms with Gasteiger partial charge in [0.15, 0.2) is 5.82 Å². The normalized spacial score (nSPS) is 16.2. The first-order chi connectivity index (χ1) is 12.5. The standard InChI is InChI=1S/C18H22ClN5O2/c1-26-14-5-3-2-4-11(14)6-7-12-8-9-13-16(24(12)15(25)10-19)17(20)23-18(21)22-13/h2-5,12H,6-10H2,1H3,(H4,20,21,22,23). The van der Waals surface area contributed by atoms with Crippen molar-refractivity contribution in [2.75, 3.05) is 29.4 Å². The number of fused-ring (bicyclic) bond motifs is 1. The van der Waals surface area contributed by atoms with E-state index in [1.165, 1.54) is 0 Å². The van der Waals surface area contributed by atoms with Crippen LogP contribution in [0.25, 0.3) is 0 Å². The summed E-state index contributed by atoms with van der Waals surface area (Å²) in [6.45, 7) is 0. The Kier molecular flexibility index (Phi) is 5.46. The third-order valence-electron chi connectivity index (χ3n) is 4.64. The summed E-state index contributed by atoms with van der Waals surface area (Å²) in [6.07, 6.45) is 2.98. The number of amides is 1. The van der Waals surface area contributed by atoms with E-state index in [4.69, 9.17) is 27.8 Å². The highest BCUT2D eigenvalue weighted by molar-refractivity contribution is 6.29. The molecule has 7 nitrogen and oxygen atoms in total. The number of alkyl halides is 1. The number of aromatic nitrogens is 2. The van der Waals surface area contributed by atoms with Crippen molar-refractivity contribution in [2.45, 2.75) is 31.7 Å². The molecular weight excluding hydrogens is 354 g/mol. The van der Waals surface area contributed by atoms with Gasteiger partial charge in [-0.3, -0.25) is 4.79 Å². The summed E-state index contributed by atoms with van der Waals surface area (Å²) in [5.74, 6) is 0.834. The number of hydrogen-bond donors (Lipinski definition) is 2. The Bertz CT molecular complexity index is 814. The van der Waals surface area contributed by atoms with Gasteiger partial charge >= 0.3 is 0 Å². The number of benzene rings is 1. The van der Waals surface area contributed by atoms with E-state index in [1.54, 1.807) is 12.0 Å². The predicted molar refractivity (Wildman–Crippen MR) is 102 cm³/mol. The Balaban J connectivity index is 1.88. The van der Waals surface area contributed by atoms with Crippen LogP contribution in [-0.2, 0) is 17.6 Å². The van der Waals surface area contributed by atoms with Crippen LogP contribution in [-0.4, -0.2) is 34.9 Å². The molecule has 26 heavy (non-hydrogen) atoms. The van der Waals surface area contributed by atoms with Crippen LogP contribution in [0.5, 0.6) is 5.75 Å². The maximum absolute atomic E-state index is 12.5. The van der Waals surface area contributed by atoms with Gasteiger partial charge in [-0.15, -0.1) is 11.6 Å². The number of nitrogens with two attached hydrogens (primary N) is 2. The summed E-state index contributed by atoms with van der Waals surface area (Å²) >= 11 is 5.85. The van der Waals surface area contributed by atoms with Crippen molar-refractivity contribution in [3.05, 3.63) is 35.5 Å². The molecule has 4 N–H and O–H groups in total. The third kappa shape index (κ3) is 3.53. The fourth-order valence-electron chi connectivity index (χ4n) is 3.49. The van der Waals surface area contributed by atoms with E-state index in [1.807, 2.05) is 24.3 Å². The van der Waals surface area contributed by atoms with Crippen molar-refractivity contribution in [1.82, 2.24) is 9.97 Å². The zero-order valence-electron chi connectivity index (χ0n) is 14.6. The molecule has 0 aliphatic carbocycles. The number of nitrogens with zero attached hydrogens (tertiary/aromatic N) is 3. The van der Waals surface area contributed by atoms with Crippen LogP contribution in [0.2, 0.25) is 0 Å². The summed E-state index contributed by atoms with van der Waals surface area (Å²) in [5.41, 5.74) is 14.1. The van der Waals surface area contributed by atoms with Crippen LogP contribution in [0.15, 0.2) is 24.3 Å². The molecule has 8 heteroatoms. The van der Waals surface area contributed by atoms with Crippen LogP contribution in [0, 0.1) is 0 Å². The maximum Gasteiger partial charge on any atom is 0.242 e. The number of para-hydroxylation sites is 1. The van der Waals surface area contributed by atoms with Crippen LogP contribution in [0.3, 0.4) is 0 Å². The fourth-order valence-corrected chi connectivity index (χ4v) is 3.62. The molecule has 2 aromatic rings. The average Bonchev–Trinajstić information content (AvgIpc) is 2.65. The van der Waals surface area contributed by atoms with E-state index in [0.717, 1.165) is 30.6 Å². The number of hydrogen-bond acceptors (Lipinski definition) is 6. The van der Waals surface area contributed by atoms with Gasteiger partial charge in [0.2, 0.25) is 11.9 Å². The summed E-state index contributed by atoms with van der Waals surface area (Å²) in [6, 6.07) is 7.84. The third-order valence-corrected chi connectivity index (χ3v) is 4.87. The van der Waals surface area contributed by atoms with Gasteiger partial charge < -0.3 is 21.1 Å². The second-order valence-electron chi connectivity index (χ2n) is 6.20. The monoisotopic (exact) mass is 375 g/mol. The molecule has 0 bridgehead atoms. The molecule has 3 rings (SSSR count). The highest BCUT2D eigenvalue weighted by Crippen LogP contribution is 2.36. The molecule has 0 fully saturated rings. The highest BCUT2D eigenvalue weighted by Gasteiger charge is 2.33. The number of carbonyl (C=O) groups is 1. The van der Waals surface area contributed by atoms with Gasteiger partial charge in [0.1, 0.15) is 17.3 Å². The van der Waals surface area contributed by atoms with Crippen molar-refractivity contribution in [1.29, 1.82) is 0 Å². The van der Waals surface area contributed by atoms with E-state index in [-0.39, 0.29) is 29.6 Å². The molecule has 1 aliphatic rings. The minimum Gasteiger partial charge on any atom is -0.496 e. The number of nitrogen functional groups attached to an aromatic ring is 2. The second kappa shape index (κ2) is 7.78. The lowest BCUT2D eigenvalue weighted by molar-refractivity contribution is -0.116. The first-order valence-corrected chi connectivity index (χ1v) is 9.00.